The molecule has 110 valence electrons. The fourth-order valence-electron chi connectivity index (χ4n) is 2.07. The van der Waals surface area contributed by atoms with E-state index >= 15 is 0 Å². The summed E-state index contributed by atoms with van der Waals surface area (Å²) in [5.74, 6) is 0. The Morgan fingerprint density at radius 2 is 1.62 bits per heavy atom. The highest BCUT2D eigenvalue weighted by Gasteiger charge is 2.00. The number of hydrazone groups is 1. The molecule has 0 amide bonds. The lowest BCUT2D eigenvalue weighted by molar-refractivity contribution is 0.866. The standard InChI is InChI=1S/C17H20BrN3/c1-3-21(4-2)17-11-5-14(6-12-17)13-19-20-16-9-7-15(18)8-10-16/h5-13,20H,3-4H2,1-2H3/b19-13+. The molecule has 0 radical (unpaired) electrons. The van der Waals surface area contributed by atoms with E-state index in [0.717, 1.165) is 28.8 Å². The summed E-state index contributed by atoms with van der Waals surface area (Å²) in [6.45, 7) is 6.38. The van der Waals surface area contributed by atoms with E-state index in [1.54, 1.807) is 0 Å². The topological polar surface area (TPSA) is 27.6 Å². The summed E-state index contributed by atoms with van der Waals surface area (Å²) in [6.07, 6.45) is 1.83. The van der Waals surface area contributed by atoms with Crippen LogP contribution >= 0.6 is 15.9 Å². The number of hydrogen-bond donors (Lipinski definition) is 1. The molecule has 21 heavy (non-hydrogen) atoms. The van der Waals surface area contributed by atoms with Crippen LogP contribution in [0.25, 0.3) is 0 Å². The Morgan fingerprint density at radius 1 is 1.00 bits per heavy atom. The van der Waals surface area contributed by atoms with Crippen molar-refractivity contribution in [1.29, 1.82) is 0 Å². The molecule has 0 aliphatic carbocycles. The molecule has 3 nitrogen and oxygen atoms in total. The molecular weight excluding hydrogens is 326 g/mol. The van der Waals surface area contributed by atoms with E-state index in [0.29, 0.717) is 0 Å². The first-order chi connectivity index (χ1) is 10.2. The maximum absolute atomic E-state index is 4.25. The van der Waals surface area contributed by atoms with Crippen molar-refractivity contribution in [3.63, 3.8) is 0 Å². The second kappa shape index (κ2) is 7.84. The summed E-state index contributed by atoms with van der Waals surface area (Å²) in [5, 5.41) is 4.25. The van der Waals surface area contributed by atoms with E-state index in [2.05, 4.69) is 69.5 Å². The molecule has 0 fully saturated rings. The molecule has 1 N–H and O–H groups in total. The van der Waals surface area contributed by atoms with Crippen LogP contribution in [0, 0.1) is 0 Å². The first-order valence-electron chi connectivity index (χ1n) is 7.12. The van der Waals surface area contributed by atoms with Gasteiger partial charge in [-0.05, 0) is 55.8 Å². The number of rotatable bonds is 6. The molecule has 0 saturated carbocycles. The predicted octanol–water partition coefficient (Wildman–Crippen LogP) is 4.74. The SMILES string of the molecule is CCN(CC)c1ccc(/C=N/Nc2ccc(Br)cc2)cc1. The highest BCUT2D eigenvalue weighted by atomic mass is 79.9. The van der Waals surface area contributed by atoms with Crippen molar-refractivity contribution in [2.24, 2.45) is 5.10 Å². The van der Waals surface area contributed by atoms with Crippen LogP contribution in [0.1, 0.15) is 19.4 Å². The molecule has 0 spiro atoms. The van der Waals surface area contributed by atoms with Gasteiger partial charge in [0.15, 0.2) is 0 Å². The van der Waals surface area contributed by atoms with E-state index < -0.39 is 0 Å². The van der Waals surface area contributed by atoms with E-state index in [9.17, 15) is 0 Å². The van der Waals surface area contributed by atoms with Crippen molar-refractivity contribution >= 4 is 33.5 Å². The summed E-state index contributed by atoms with van der Waals surface area (Å²) in [6, 6.07) is 16.4. The van der Waals surface area contributed by atoms with Crippen LogP contribution in [0.2, 0.25) is 0 Å². The Morgan fingerprint density at radius 3 is 2.19 bits per heavy atom. The molecule has 2 rings (SSSR count). The van der Waals surface area contributed by atoms with Crippen molar-refractivity contribution < 1.29 is 0 Å². The Hall–Kier alpha value is -1.81. The van der Waals surface area contributed by atoms with Gasteiger partial charge < -0.3 is 4.90 Å². The van der Waals surface area contributed by atoms with Crippen molar-refractivity contribution in [3.05, 3.63) is 58.6 Å². The maximum Gasteiger partial charge on any atom is 0.0562 e. The molecule has 0 aliphatic heterocycles. The summed E-state index contributed by atoms with van der Waals surface area (Å²) in [4.78, 5) is 2.32. The van der Waals surface area contributed by atoms with Crippen LogP contribution in [-0.4, -0.2) is 19.3 Å². The van der Waals surface area contributed by atoms with E-state index in [1.807, 2.05) is 30.5 Å². The molecule has 4 heteroatoms. The van der Waals surface area contributed by atoms with Crippen LogP contribution in [0.15, 0.2) is 58.1 Å². The predicted molar refractivity (Wildman–Crippen MR) is 95.4 cm³/mol. The van der Waals surface area contributed by atoms with Crippen LogP contribution in [-0.2, 0) is 0 Å². The molecule has 0 unspecified atom stereocenters. The van der Waals surface area contributed by atoms with Gasteiger partial charge in [-0.2, -0.15) is 5.10 Å². The van der Waals surface area contributed by atoms with Gasteiger partial charge in [-0.25, -0.2) is 0 Å². The third kappa shape index (κ3) is 4.60. The van der Waals surface area contributed by atoms with Gasteiger partial charge >= 0.3 is 0 Å². The van der Waals surface area contributed by atoms with Crippen molar-refractivity contribution in [2.45, 2.75) is 13.8 Å². The van der Waals surface area contributed by atoms with Gasteiger partial charge in [0.2, 0.25) is 0 Å². The molecule has 2 aromatic rings. The van der Waals surface area contributed by atoms with Gasteiger partial charge in [-0.1, -0.05) is 28.1 Å². The quantitative estimate of drug-likeness (QED) is 0.604. The van der Waals surface area contributed by atoms with Crippen molar-refractivity contribution in [2.75, 3.05) is 23.4 Å². The van der Waals surface area contributed by atoms with E-state index in [1.165, 1.54) is 5.69 Å². The minimum absolute atomic E-state index is 0.967. The smallest absolute Gasteiger partial charge is 0.0562 e. The summed E-state index contributed by atoms with van der Waals surface area (Å²) < 4.78 is 1.06. The summed E-state index contributed by atoms with van der Waals surface area (Å²) >= 11 is 3.41. The van der Waals surface area contributed by atoms with Crippen LogP contribution in [0.5, 0.6) is 0 Å². The number of hydrogen-bond acceptors (Lipinski definition) is 3. The fourth-order valence-corrected chi connectivity index (χ4v) is 2.33. The lowest BCUT2D eigenvalue weighted by atomic mass is 10.2. The lowest BCUT2D eigenvalue weighted by Gasteiger charge is -2.20. The van der Waals surface area contributed by atoms with Gasteiger partial charge in [0.05, 0.1) is 11.9 Å². The number of anilines is 2. The Balaban J connectivity index is 1.96. The Labute approximate surface area is 134 Å². The van der Waals surface area contributed by atoms with Gasteiger partial charge in [0.1, 0.15) is 0 Å². The lowest BCUT2D eigenvalue weighted by Crippen LogP contribution is -2.21. The second-order valence-corrected chi connectivity index (χ2v) is 5.56. The van der Waals surface area contributed by atoms with Crippen LogP contribution < -0.4 is 10.3 Å². The van der Waals surface area contributed by atoms with Crippen molar-refractivity contribution in [3.8, 4) is 0 Å². The van der Waals surface area contributed by atoms with Crippen LogP contribution in [0.4, 0.5) is 11.4 Å². The van der Waals surface area contributed by atoms with E-state index in [4.69, 9.17) is 0 Å². The van der Waals surface area contributed by atoms with Crippen molar-refractivity contribution in [1.82, 2.24) is 0 Å². The average molecular weight is 346 g/mol. The zero-order valence-corrected chi connectivity index (χ0v) is 14.0. The fraction of sp³-hybridized carbons (Fsp3) is 0.235. The molecule has 0 aliphatic rings. The van der Waals surface area contributed by atoms with Gasteiger partial charge in [0.25, 0.3) is 0 Å². The zero-order valence-electron chi connectivity index (χ0n) is 12.4. The first kappa shape index (κ1) is 15.6. The Kier molecular flexibility index (Phi) is 5.81. The van der Waals surface area contributed by atoms with Gasteiger partial charge in [0, 0.05) is 23.2 Å². The average Bonchev–Trinajstić information content (AvgIpc) is 2.52. The maximum atomic E-state index is 4.25. The minimum Gasteiger partial charge on any atom is -0.372 e. The molecular formula is C17H20BrN3. The molecule has 0 aromatic heterocycles. The van der Waals surface area contributed by atoms with Gasteiger partial charge in [-0.15, -0.1) is 0 Å². The largest absolute Gasteiger partial charge is 0.372 e. The normalized spacial score (nSPS) is 10.8. The van der Waals surface area contributed by atoms with E-state index in [-0.39, 0.29) is 0 Å². The monoisotopic (exact) mass is 345 g/mol. The first-order valence-corrected chi connectivity index (χ1v) is 7.92. The second-order valence-electron chi connectivity index (χ2n) is 4.64. The number of nitrogens with one attached hydrogen (secondary N) is 1. The summed E-state index contributed by atoms with van der Waals surface area (Å²) in [5.41, 5.74) is 6.31. The number of nitrogens with zero attached hydrogens (tertiary/aromatic N) is 2. The molecule has 0 atom stereocenters. The zero-order chi connectivity index (χ0) is 15.1. The highest BCUT2D eigenvalue weighted by Crippen LogP contribution is 2.15. The Bertz CT molecular complexity index is 572. The molecule has 0 saturated heterocycles. The van der Waals surface area contributed by atoms with Gasteiger partial charge in [-0.3, -0.25) is 5.43 Å². The minimum atomic E-state index is 0.967. The molecule has 0 bridgehead atoms. The third-order valence-corrected chi connectivity index (χ3v) is 3.80. The number of halogens is 1. The molecule has 0 heterocycles. The number of benzene rings is 2. The van der Waals surface area contributed by atoms with Crippen LogP contribution in [0.3, 0.4) is 0 Å². The molecule has 2 aromatic carbocycles. The highest BCUT2D eigenvalue weighted by molar-refractivity contribution is 9.10. The summed E-state index contributed by atoms with van der Waals surface area (Å²) in [7, 11) is 0. The third-order valence-electron chi connectivity index (χ3n) is 3.27.